The predicted octanol–water partition coefficient (Wildman–Crippen LogP) is 3.95. The highest BCUT2D eigenvalue weighted by Crippen LogP contribution is 2.33. The second kappa shape index (κ2) is 6.01. The van der Waals surface area contributed by atoms with Crippen LogP contribution < -0.4 is 9.47 Å². The van der Waals surface area contributed by atoms with Gasteiger partial charge in [0, 0.05) is 13.1 Å². The third kappa shape index (κ3) is 3.60. The molecule has 3 heteroatoms. The smallest absolute Gasteiger partial charge is 0.127 e. The van der Waals surface area contributed by atoms with Crippen LogP contribution >= 0.6 is 0 Å². The summed E-state index contributed by atoms with van der Waals surface area (Å²) in [5.41, 5.74) is 0. The van der Waals surface area contributed by atoms with Gasteiger partial charge in [0.2, 0.25) is 0 Å². The summed E-state index contributed by atoms with van der Waals surface area (Å²) in [6, 6.07) is 18.3. The Labute approximate surface area is 131 Å². The second-order valence-corrected chi connectivity index (χ2v) is 6.25. The molecule has 2 aromatic carbocycles. The molecule has 1 aliphatic carbocycles. The van der Waals surface area contributed by atoms with Crippen LogP contribution in [-0.2, 0) is 0 Å². The Bertz CT molecular complexity index is 607. The summed E-state index contributed by atoms with van der Waals surface area (Å²) in [4.78, 5) is 2.52. The largest absolute Gasteiger partial charge is 0.492 e. The van der Waals surface area contributed by atoms with E-state index in [1.807, 2.05) is 54.6 Å². The lowest BCUT2D eigenvalue weighted by atomic mass is 10.3. The Morgan fingerprint density at radius 1 is 0.864 bits per heavy atom. The van der Waals surface area contributed by atoms with E-state index >= 15 is 0 Å². The first-order chi connectivity index (χ1) is 10.9. The fourth-order valence-electron chi connectivity index (χ4n) is 2.66. The van der Waals surface area contributed by atoms with E-state index in [4.69, 9.17) is 9.47 Å². The minimum atomic E-state index is 0.626. The van der Waals surface area contributed by atoms with Crippen LogP contribution in [0.5, 0.6) is 17.2 Å². The van der Waals surface area contributed by atoms with Gasteiger partial charge >= 0.3 is 0 Å². The van der Waals surface area contributed by atoms with Crippen LogP contribution in [0, 0.1) is 5.92 Å². The molecule has 4 rings (SSSR count). The molecule has 2 atom stereocenters. The van der Waals surface area contributed by atoms with Crippen molar-refractivity contribution in [2.75, 3.05) is 19.7 Å². The van der Waals surface area contributed by atoms with Crippen molar-refractivity contribution in [1.29, 1.82) is 0 Å². The van der Waals surface area contributed by atoms with Crippen molar-refractivity contribution < 1.29 is 9.47 Å². The molecule has 0 bridgehead atoms. The van der Waals surface area contributed by atoms with Gasteiger partial charge in [-0.15, -0.1) is 0 Å². The molecule has 22 heavy (non-hydrogen) atoms. The summed E-state index contributed by atoms with van der Waals surface area (Å²) in [5, 5.41) is 0. The molecule has 0 aromatic heterocycles. The quantitative estimate of drug-likeness (QED) is 0.722. The average Bonchev–Trinajstić information content (AvgIpc) is 3.47. The number of hydrogen-bond donors (Lipinski definition) is 0. The number of nitrogens with zero attached hydrogens (tertiary/aromatic N) is 1. The van der Waals surface area contributed by atoms with E-state index in [0.29, 0.717) is 6.04 Å². The van der Waals surface area contributed by atoms with Crippen molar-refractivity contribution >= 4 is 0 Å². The first-order valence-electron chi connectivity index (χ1n) is 8.06. The maximum Gasteiger partial charge on any atom is 0.127 e. The molecule has 0 N–H and O–H groups in total. The van der Waals surface area contributed by atoms with E-state index < -0.39 is 0 Å². The summed E-state index contributed by atoms with van der Waals surface area (Å²) in [7, 11) is 0. The molecule has 1 saturated heterocycles. The zero-order chi connectivity index (χ0) is 14.8. The minimum absolute atomic E-state index is 0.626. The molecule has 0 spiro atoms. The van der Waals surface area contributed by atoms with Gasteiger partial charge < -0.3 is 9.47 Å². The zero-order valence-corrected chi connectivity index (χ0v) is 12.7. The van der Waals surface area contributed by atoms with Crippen molar-refractivity contribution in [2.24, 2.45) is 5.92 Å². The summed E-state index contributed by atoms with van der Waals surface area (Å²) < 4.78 is 11.6. The van der Waals surface area contributed by atoms with Gasteiger partial charge in [-0.3, -0.25) is 4.90 Å². The van der Waals surface area contributed by atoms with E-state index in [1.165, 1.54) is 25.9 Å². The molecule has 0 amide bonds. The van der Waals surface area contributed by atoms with Crippen LogP contribution in [0.2, 0.25) is 0 Å². The molecule has 1 saturated carbocycles. The molecule has 1 aliphatic heterocycles. The van der Waals surface area contributed by atoms with Crippen molar-refractivity contribution in [2.45, 2.75) is 18.9 Å². The number of para-hydroxylation sites is 1. The molecular formula is C19H21NO2. The highest BCUT2D eigenvalue weighted by atomic mass is 16.5. The highest BCUT2D eigenvalue weighted by molar-refractivity contribution is 5.35. The summed E-state index contributed by atoms with van der Waals surface area (Å²) >= 11 is 0. The standard InChI is InChI=1S/C19H21NO2/c1-2-4-18(5-3-1)22-19-10-8-17(9-11-19)21-14-16-13-20(16)12-15-6-7-15/h1-5,8-11,15-16H,6-7,12-14H2. The van der Waals surface area contributed by atoms with Gasteiger partial charge in [-0.25, -0.2) is 0 Å². The van der Waals surface area contributed by atoms with Crippen LogP contribution in [0.4, 0.5) is 0 Å². The Morgan fingerprint density at radius 3 is 2.27 bits per heavy atom. The Hall–Kier alpha value is -2.00. The molecule has 0 radical (unpaired) electrons. The van der Waals surface area contributed by atoms with E-state index in [9.17, 15) is 0 Å². The van der Waals surface area contributed by atoms with E-state index in [0.717, 1.165) is 29.8 Å². The number of rotatable bonds is 7. The van der Waals surface area contributed by atoms with E-state index in [1.54, 1.807) is 0 Å². The third-order valence-electron chi connectivity index (χ3n) is 4.26. The topological polar surface area (TPSA) is 21.5 Å². The van der Waals surface area contributed by atoms with Gasteiger partial charge in [0.15, 0.2) is 0 Å². The van der Waals surface area contributed by atoms with Crippen LogP contribution in [-0.4, -0.2) is 30.6 Å². The Morgan fingerprint density at radius 2 is 1.55 bits per heavy atom. The van der Waals surface area contributed by atoms with Crippen LogP contribution in [0.3, 0.4) is 0 Å². The van der Waals surface area contributed by atoms with Gasteiger partial charge in [0.05, 0.1) is 6.04 Å². The summed E-state index contributed by atoms with van der Waals surface area (Å²) in [6.45, 7) is 3.27. The van der Waals surface area contributed by atoms with Crippen LogP contribution in [0.1, 0.15) is 12.8 Å². The second-order valence-electron chi connectivity index (χ2n) is 6.25. The van der Waals surface area contributed by atoms with E-state index in [-0.39, 0.29) is 0 Å². The molecule has 3 nitrogen and oxygen atoms in total. The van der Waals surface area contributed by atoms with Crippen LogP contribution in [0.15, 0.2) is 54.6 Å². The average molecular weight is 295 g/mol. The van der Waals surface area contributed by atoms with Crippen LogP contribution in [0.25, 0.3) is 0 Å². The number of hydrogen-bond acceptors (Lipinski definition) is 3. The number of benzene rings is 2. The molecule has 2 fully saturated rings. The molecule has 2 unspecified atom stereocenters. The lowest BCUT2D eigenvalue weighted by Crippen LogP contribution is -2.12. The molecule has 2 aromatic rings. The SMILES string of the molecule is c1ccc(Oc2ccc(OCC3CN3CC3CC3)cc2)cc1. The summed E-state index contributed by atoms with van der Waals surface area (Å²) in [6.07, 6.45) is 2.85. The maximum absolute atomic E-state index is 5.87. The normalized spacial score (nSPS) is 23.1. The lowest BCUT2D eigenvalue weighted by Gasteiger charge is -2.08. The predicted molar refractivity (Wildman–Crippen MR) is 86.5 cm³/mol. The highest BCUT2D eigenvalue weighted by Gasteiger charge is 2.38. The van der Waals surface area contributed by atoms with Gasteiger partial charge in [-0.2, -0.15) is 0 Å². The van der Waals surface area contributed by atoms with Gasteiger partial charge in [0.25, 0.3) is 0 Å². The summed E-state index contributed by atoms with van der Waals surface area (Å²) in [5.74, 6) is 3.57. The van der Waals surface area contributed by atoms with Gasteiger partial charge in [-0.1, -0.05) is 18.2 Å². The molecule has 114 valence electrons. The van der Waals surface area contributed by atoms with Crippen molar-refractivity contribution in [3.8, 4) is 17.2 Å². The third-order valence-corrected chi connectivity index (χ3v) is 4.26. The first-order valence-corrected chi connectivity index (χ1v) is 8.06. The Kier molecular flexibility index (Phi) is 3.73. The Balaban J connectivity index is 1.25. The minimum Gasteiger partial charge on any atom is -0.492 e. The van der Waals surface area contributed by atoms with Gasteiger partial charge in [0.1, 0.15) is 23.9 Å². The maximum atomic E-state index is 5.87. The number of ether oxygens (including phenoxy) is 2. The fourth-order valence-corrected chi connectivity index (χ4v) is 2.66. The first kappa shape index (κ1) is 13.6. The van der Waals surface area contributed by atoms with Crippen molar-refractivity contribution in [3.63, 3.8) is 0 Å². The zero-order valence-electron chi connectivity index (χ0n) is 12.7. The van der Waals surface area contributed by atoms with Gasteiger partial charge in [-0.05, 0) is 55.2 Å². The molecule has 2 aliphatic rings. The molecular weight excluding hydrogens is 274 g/mol. The van der Waals surface area contributed by atoms with Crippen molar-refractivity contribution in [1.82, 2.24) is 4.90 Å². The lowest BCUT2D eigenvalue weighted by molar-refractivity contribution is 0.292. The fraction of sp³-hybridized carbons (Fsp3) is 0.368. The van der Waals surface area contributed by atoms with Crippen molar-refractivity contribution in [3.05, 3.63) is 54.6 Å². The van der Waals surface area contributed by atoms with E-state index in [2.05, 4.69) is 4.90 Å². The monoisotopic (exact) mass is 295 g/mol. The molecule has 1 heterocycles.